The van der Waals surface area contributed by atoms with E-state index in [2.05, 4.69) is 36.5 Å². The summed E-state index contributed by atoms with van der Waals surface area (Å²) in [4.78, 5) is 23.0. The number of anilines is 2. The predicted octanol–water partition coefficient (Wildman–Crippen LogP) is 3.51. The molecule has 1 fully saturated rings. The first kappa shape index (κ1) is 21.6. The predicted molar refractivity (Wildman–Crippen MR) is 124 cm³/mol. The van der Waals surface area contributed by atoms with Gasteiger partial charge in [-0.3, -0.25) is 10.1 Å². The van der Waals surface area contributed by atoms with Gasteiger partial charge < -0.3 is 21.9 Å². The van der Waals surface area contributed by atoms with Crippen LogP contribution in [0.15, 0.2) is 42.7 Å². The van der Waals surface area contributed by atoms with Gasteiger partial charge >= 0.3 is 6.09 Å². The van der Waals surface area contributed by atoms with Crippen LogP contribution < -0.4 is 22.1 Å². The Morgan fingerprint density at radius 3 is 2.44 bits per heavy atom. The fourth-order valence-corrected chi connectivity index (χ4v) is 4.37. The molecule has 7 N–H and O–H groups in total. The number of nitrogens with zero attached hydrogens (tertiary/aromatic N) is 2. The summed E-state index contributed by atoms with van der Waals surface area (Å²) in [6.45, 7) is 6.33. The second-order valence-electron chi connectivity index (χ2n) is 9.24. The zero-order valence-corrected chi connectivity index (χ0v) is 18.3. The van der Waals surface area contributed by atoms with Gasteiger partial charge in [0.1, 0.15) is 0 Å². The molecule has 0 bridgehead atoms. The summed E-state index contributed by atoms with van der Waals surface area (Å²) in [5.41, 5.74) is 15.6. The van der Waals surface area contributed by atoms with E-state index in [0.29, 0.717) is 16.9 Å². The molecule has 0 saturated heterocycles. The van der Waals surface area contributed by atoms with Crippen LogP contribution in [0, 0.1) is 5.41 Å². The van der Waals surface area contributed by atoms with Gasteiger partial charge in [-0.2, -0.15) is 5.10 Å². The summed E-state index contributed by atoms with van der Waals surface area (Å²) in [6.07, 6.45) is 3.96. The zero-order chi connectivity index (χ0) is 23.3. The molecule has 168 valence electrons. The van der Waals surface area contributed by atoms with Gasteiger partial charge in [0.15, 0.2) is 0 Å². The highest BCUT2D eigenvalue weighted by atomic mass is 16.4. The van der Waals surface area contributed by atoms with Gasteiger partial charge in [0.05, 0.1) is 23.0 Å². The third-order valence-electron chi connectivity index (χ3n) is 6.99. The number of rotatable bonds is 5. The summed E-state index contributed by atoms with van der Waals surface area (Å²) in [5.74, 6) is -0.555. The van der Waals surface area contributed by atoms with Crippen LogP contribution in [0.25, 0.3) is 16.6 Å². The van der Waals surface area contributed by atoms with E-state index >= 15 is 0 Å². The molecule has 32 heavy (non-hydrogen) atoms. The lowest BCUT2D eigenvalue weighted by molar-refractivity contribution is 0.100. The van der Waals surface area contributed by atoms with Crippen molar-refractivity contribution in [3.63, 3.8) is 0 Å². The van der Waals surface area contributed by atoms with Gasteiger partial charge in [-0.25, -0.2) is 9.31 Å². The maximum Gasteiger partial charge on any atom is 0.409 e. The van der Waals surface area contributed by atoms with Gasteiger partial charge in [-0.1, -0.05) is 26.0 Å². The first-order chi connectivity index (χ1) is 15.0. The van der Waals surface area contributed by atoms with Crippen LogP contribution >= 0.6 is 0 Å². The van der Waals surface area contributed by atoms with Gasteiger partial charge in [0.25, 0.3) is 5.91 Å². The van der Waals surface area contributed by atoms with Gasteiger partial charge in [-0.15, -0.1) is 0 Å². The van der Waals surface area contributed by atoms with Crippen LogP contribution in [-0.2, 0) is 0 Å². The minimum Gasteiger partial charge on any atom is -0.465 e. The molecule has 1 saturated carbocycles. The van der Waals surface area contributed by atoms with E-state index in [0.717, 1.165) is 29.5 Å². The molecule has 2 atom stereocenters. The largest absolute Gasteiger partial charge is 0.465 e. The monoisotopic (exact) mass is 436 g/mol. The Hall–Kier alpha value is -3.59. The van der Waals surface area contributed by atoms with Crippen molar-refractivity contribution in [2.45, 2.75) is 45.2 Å². The van der Waals surface area contributed by atoms with E-state index in [1.807, 2.05) is 24.4 Å². The van der Waals surface area contributed by atoms with E-state index in [-0.39, 0.29) is 17.0 Å². The lowest BCUT2D eigenvalue weighted by Crippen LogP contribution is -2.51. The van der Waals surface area contributed by atoms with Crippen molar-refractivity contribution < 1.29 is 14.7 Å². The van der Waals surface area contributed by atoms with Gasteiger partial charge in [0, 0.05) is 34.4 Å². The van der Waals surface area contributed by atoms with Crippen molar-refractivity contribution >= 4 is 28.9 Å². The fraction of sp³-hybridized carbons (Fsp3) is 0.348. The van der Waals surface area contributed by atoms with Crippen molar-refractivity contribution in [3.8, 4) is 11.1 Å². The molecule has 0 aliphatic heterocycles. The first-order valence-electron chi connectivity index (χ1n) is 10.5. The quantitative estimate of drug-likeness (QED) is 0.413. The number of carboxylic acid groups (broad SMARTS) is 1. The van der Waals surface area contributed by atoms with Gasteiger partial charge in [0.2, 0.25) is 0 Å². The molecule has 1 aromatic carbocycles. The number of carbonyl (C=O) groups excluding carboxylic acids is 1. The van der Waals surface area contributed by atoms with Crippen molar-refractivity contribution in [3.05, 3.63) is 48.3 Å². The van der Waals surface area contributed by atoms with E-state index in [1.165, 1.54) is 6.20 Å². The van der Waals surface area contributed by atoms with Crippen LogP contribution in [-0.4, -0.2) is 38.3 Å². The molecule has 1 aliphatic carbocycles. The summed E-state index contributed by atoms with van der Waals surface area (Å²) in [5, 5.41) is 19.1. The summed E-state index contributed by atoms with van der Waals surface area (Å²) >= 11 is 0. The summed E-state index contributed by atoms with van der Waals surface area (Å²) < 4.78 is 1.71. The van der Waals surface area contributed by atoms with Crippen LogP contribution in [0.1, 0.15) is 44.0 Å². The number of fused-ring (bicyclic) bond motifs is 1. The number of nitrogens with one attached hydrogen (secondary N) is 2. The standard InChI is InChI=1S/C23H28N6O3/c1-22(2)18(8-9-23(22,3)25)28-19-16(20(24)30)11-26-29-12-14(10-17(19)29)13-4-6-15(7-5-13)27-21(31)32/h4-7,10-12,18,27-28H,8-9,25H2,1-3H3,(H2,24,30)(H,31,32)/t18-,23+/m1/s1. The SMILES string of the molecule is CC1(C)[C@H](Nc2c(C(N)=O)cnn3cc(-c4ccc(NC(=O)O)cc4)cc23)CC[C@]1(C)N. The first-order valence-corrected chi connectivity index (χ1v) is 10.5. The van der Waals surface area contributed by atoms with Crippen LogP contribution in [0.5, 0.6) is 0 Å². The Morgan fingerprint density at radius 2 is 1.88 bits per heavy atom. The van der Waals surface area contributed by atoms with Crippen LogP contribution in [0.2, 0.25) is 0 Å². The van der Waals surface area contributed by atoms with E-state index in [4.69, 9.17) is 16.6 Å². The molecular formula is C23H28N6O3. The minimum atomic E-state index is -1.12. The van der Waals surface area contributed by atoms with E-state index in [1.54, 1.807) is 16.6 Å². The second-order valence-corrected chi connectivity index (χ2v) is 9.24. The third-order valence-corrected chi connectivity index (χ3v) is 6.99. The van der Waals surface area contributed by atoms with Crippen molar-refractivity contribution in [2.24, 2.45) is 16.9 Å². The number of carbonyl (C=O) groups is 2. The molecule has 1 aliphatic rings. The van der Waals surface area contributed by atoms with Crippen LogP contribution in [0.4, 0.5) is 16.2 Å². The maximum absolute atomic E-state index is 12.2. The minimum absolute atomic E-state index is 0.0570. The molecule has 2 heterocycles. The lowest BCUT2D eigenvalue weighted by Gasteiger charge is -2.39. The molecular weight excluding hydrogens is 408 g/mol. The van der Waals surface area contributed by atoms with Gasteiger partial charge in [-0.05, 0) is 43.5 Å². The highest BCUT2D eigenvalue weighted by molar-refractivity contribution is 6.02. The lowest BCUT2D eigenvalue weighted by atomic mass is 9.75. The second kappa shape index (κ2) is 7.52. The smallest absolute Gasteiger partial charge is 0.409 e. The van der Waals surface area contributed by atoms with Crippen LogP contribution in [0.3, 0.4) is 0 Å². The average Bonchev–Trinajstić information content (AvgIpc) is 3.22. The average molecular weight is 437 g/mol. The zero-order valence-electron chi connectivity index (χ0n) is 18.3. The Morgan fingerprint density at radius 1 is 1.19 bits per heavy atom. The molecule has 4 rings (SSSR count). The number of amides is 2. The van der Waals surface area contributed by atoms with E-state index < -0.39 is 12.0 Å². The Bertz CT molecular complexity index is 1200. The molecule has 0 spiro atoms. The Labute approximate surface area is 185 Å². The number of benzene rings is 1. The molecule has 9 heteroatoms. The molecule has 2 amide bonds. The Balaban J connectivity index is 1.75. The normalized spacial score (nSPS) is 22.1. The number of aromatic nitrogens is 2. The molecule has 3 aromatic rings. The summed E-state index contributed by atoms with van der Waals surface area (Å²) in [6, 6.07) is 9.02. The highest BCUT2D eigenvalue weighted by Crippen LogP contribution is 2.46. The number of hydrogen-bond acceptors (Lipinski definition) is 5. The number of primary amides is 1. The highest BCUT2D eigenvalue weighted by Gasteiger charge is 2.49. The van der Waals surface area contributed by atoms with Crippen molar-refractivity contribution in [2.75, 3.05) is 10.6 Å². The molecule has 9 nitrogen and oxygen atoms in total. The summed E-state index contributed by atoms with van der Waals surface area (Å²) in [7, 11) is 0. The van der Waals surface area contributed by atoms with Crippen molar-refractivity contribution in [1.82, 2.24) is 9.61 Å². The number of hydrogen-bond donors (Lipinski definition) is 5. The van der Waals surface area contributed by atoms with Crippen molar-refractivity contribution in [1.29, 1.82) is 0 Å². The Kier molecular flexibility index (Phi) is 5.09. The molecule has 2 aromatic heterocycles. The maximum atomic E-state index is 12.2. The third kappa shape index (κ3) is 3.64. The fourth-order valence-electron chi connectivity index (χ4n) is 4.37. The molecule has 0 radical (unpaired) electrons. The topological polar surface area (TPSA) is 148 Å². The molecule has 0 unspecified atom stereocenters. The van der Waals surface area contributed by atoms with E-state index in [9.17, 15) is 9.59 Å². The number of nitrogens with two attached hydrogens (primary N) is 2.